The monoisotopic (exact) mass is 304 g/mol. The second kappa shape index (κ2) is 5.94. The maximum absolute atomic E-state index is 11.9. The van der Waals surface area contributed by atoms with Gasteiger partial charge in [-0.15, -0.1) is 0 Å². The minimum Gasteiger partial charge on any atom is -0.369 e. The number of hydrogen-bond donors (Lipinski definition) is 2. The van der Waals surface area contributed by atoms with Gasteiger partial charge in [0.15, 0.2) is 0 Å². The smallest absolute Gasteiger partial charge is 0.252 e. The van der Waals surface area contributed by atoms with Crippen molar-refractivity contribution in [1.82, 2.24) is 4.98 Å². The summed E-state index contributed by atoms with van der Waals surface area (Å²) < 4.78 is 0. The number of hydrogen-bond acceptors (Lipinski definition) is 4. The summed E-state index contributed by atoms with van der Waals surface area (Å²) in [4.78, 5) is 30.2. The number of piperidine rings is 1. The van der Waals surface area contributed by atoms with Crippen LogP contribution in [0.5, 0.6) is 0 Å². The van der Waals surface area contributed by atoms with Crippen molar-refractivity contribution >= 4 is 17.6 Å². The molecule has 120 valence electrons. The number of aromatic nitrogens is 1. The zero-order valence-corrected chi connectivity index (χ0v) is 13.5. The van der Waals surface area contributed by atoms with Gasteiger partial charge in [0.25, 0.3) is 5.91 Å². The summed E-state index contributed by atoms with van der Waals surface area (Å²) >= 11 is 0. The first-order valence-corrected chi connectivity index (χ1v) is 7.63. The second-order valence-electron chi connectivity index (χ2n) is 6.15. The van der Waals surface area contributed by atoms with Crippen LogP contribution >= 0.6 is 0 Å². The third-order valence-electron chi connectivity index (χ3n) is 4.79. The van der Waals surface area contributed by atoms with E-state index in [9.17, 15) is 9.59 Å². The van der Waals surface area contributed by atoms with Crippen molar-refractivity contribution in [1.29, 1.82) is 0 Å². The highest BCUT2D eigenvalue weighted by Gasteiger charge is 2.40. The molecule has 4 N–H and O–H groups in total. The summed E-state index contributed by atoms with van der Waals surface area (Å²) in [6, 6.07) is 1.77. The lowest BCUT2D eigenvalue weighted by atomic mass is 9.77. The van der Waals surface area contributed by atoms with Gasteiger partial charge in [0.1, 0.15) is 5.82 Å². The van der Waals surface area contributed by atoms with E-state index in [1.54, 1.807) is 6.07 Å². The number of nitrogens with two attached hydrogens (primary N) is 2. The van der Waals surface area contributed by atoms with Crippen LogP contribution < -0.4 is 16.4 Å². The maximum Gasteiger partial charge on any atom is 0.252 e. The molecule has 0 aliphatic carbocycles. The Bertz CT molecular complexity index is 614. The molecule has 0 saturated carbocycles. The molecule has 0 spiro atoms. The molecule has 1 aliphatic rings. The largest absolute Gasteiger partial charge is 0.369 e. The van der Waals surface area contributed by atoms with Gasteiger partial charge in [-0.2, -0.15) is 0 Å². The summed E-state index contributed by atoms with van der Waals surface area (Å²) in [5.74, 6) is -0.226. The van der Waals surface area contributed by atoms with Crippen LogP contribution in [0.2, 0.25) is 0 Å². The van der Waals surface area contributed by atoms with Gasteiger partial charge in [0.2, 0.25) is 5.91 Å². The van der Waals surface area contributed by atoms with Crippen LogP contribution in [-0.4, -0.2) is 29.9 Å². The quantitative estimate of drug-likeness (QED) is 0.874. The van der Waals surface area contributed by atoms with E-state index in [2.05, 4.69) is 4.98 Å². The van der Waals surface area contributed by atoms with Gasteiger partial charge in [-0.05, 0) is 44.7 Å². The lowest BCUT2D eigenvalue weighted by Gasteiger charge is -2.41. The molecule has 1 atom stereocenters. The highest BCUT2D eigenvalue weighted by Crippen LogP contribution is 2.36. The van der Waals surface area contributed by atoms with E-state index in [0.717, 1.165) is 30.6 Å². The standard InChI is InChI=1S/C16H24N4O2/c1-4-16(15(18)22)6-5-7-20(9-16)14-12(13(17)21)8-10(2)11(3)19-14/h8H,4-7,9H2,1-3H3,(H2,17,21)(H2,18,22)/t16-/m0/s1. The lowest BCUT2D eigenvalue weighted by molar-refractivity contribution is -0.128. The zero-order valence-electron chi connectivity index (χ0n) is 13.5. The van der Waals surface area contributed by atoms with E-state index in [-0.39, 0.29) is 5.91 Å². The van der Waals surface area contributed by atoms with Crippen LogP contribution in [0.15, 0.2) is 6.07 Å². The van der Waals surface area contributed by atoms with Gasteiger partial charge in [-0.25, -0.2) is 4.98 Å². The Morgan fingerprint density at radius 3 is 2.59 bits per heavy atom. The molecular weight excluding hydrogens is 280 g/mol. The van der Waals surface area contributed by atoms with Gasteiger partial charge >= 0.3 is 0 Å². The molecule has 22 heavy (non-hydrogen) atoms. The average Bonchev–Trinajstić information content (AvgIpc) is 2.49. The van der Waals surface area contributed by atoms with Crippen molar-refractivity contribution in [2.75, 3.05) is 18.0 Å². The fourth-order valence-corrected chi connectivity index (χ4v) is 3.09. The number of rotatable bonds is 4. The molecule has 1 aromatic rings. The summed E-state index contributed by atoms with van der Waals surface area (Å²) in [7, 11) is 0. The van der Waals surface area contributed by atoms with E-state index >= 15 is 0 Å². The van der Waals surface area contributed by atoms with Crippen LogP contribution in [0.4, 0.5) is 5.82 Å². The number of carbonyl (C=O) groups is 2. The highest BCUT2D eigenvalue weighted by molar-refractivity contribution is 5.98. The number of anilines is 1. The Hall–Kier alpha value is -2.11. The molecular formula is C16H24N4O2. The van der Waals surface area contributed by atoms with Gasteiger partial charge in [0.05, 0.1) is 11.0 Å². The molecule has 2 heterocycles. The van der Waals surface area contributed by atoms with Gasteiger partial charge < -0.3 is 16.4 Å². The van der Waals surface area contributed by atoms with Gasteiger partial charge in [-0.3, -0.25) is 9.59 Å². The molecule has 0 aromatic carbocycles. The molecule has 2 rings (SSSR count). The van der Waals surface area contributed by atoms with Crippen molar-refractivity contribution in [3.63, 3.8) is 0 Å². The average molecular weight is 304 g/mol. The molecule has 6 heteroatoms. The van der Waals surface area contributed by atoms with Crippen LogP contribution in [0.1, 0.15) is 47.8 Å². The van der Waals surface area contributed by atoms with Crippen LogP contribution in [0.25, 0.3) is 0 Å². The minimum absolute atomic E-state index is 0.288. The number of nitrogens with zero attached hydrogens (tertiary/aromatic N) is 2. The van der Waals surface area contributed by atoms with E-state index < -0.39 is 11.3 Å². The van der Waals surface area contributed by atoms with Crippen LogP contribution in [0.3, 0.4) is 0 Å². The Balaban J connectivity index is 2.45. The summed E-state index contributed by atoms with van der Waals surface area (Å²) in [6.07, 6.45) is 2.28. The molecule has 0 radical (unpaired) electrons. The summed E-state index contributed by atoms with van der Waals surface area (Å²) in [6.45, 7) is 6.99. The molecule has 1 aliphatic heterocycles. The number of primary amides is 2. The predicted molar refractivity (Wildman–Crippen MR) is 85.6 cm³/mol. The lowest BCUT2D eigenvalue weighted by Crippen LogP contribution is -2.51. The van der Waals surface area contributed by atoms with Gasteiger partial charge in [-0.1, -0.05) is 6.92 Å². The Morgan fingerprint density at radius 1 is 1.36 bits per heavy atom. The molecule has 2 amide bonds. The van der Waals surface area contributed by atoms with E-state index in [1.165, 1.54) is 0 Å². The number of aryl methyl sites for hydroxylation is 2. The second-order valence-corrected chi connectivity index (χ2v) is 6.15. The van der Waals surface area contributed by atoms with E-state index in [0.29, 0.717) is 24.3 Å². The molecule has 1 saturated heterocycles. The number of carbonyl (C=O) groups excluding carboxylic acids is 2. The first kappa shape index (κ1) is 16.3. The van der Waals surface area contributed by atoms with Crippen molar-refractivity contribution in [2.24, 2.45) is 16.9 Å². The van der Waals surface area contributed by atoms with Crippen LogP contribution in [0, 0.1) is 19.3 Å². The third kappa shape index (κ3) is 2.77. The minimum atomic E-state index is -0.562. The van der Waals surface area contributed by atoms with E-state index in [4.69, 9.17) is 11.5 Å². The zero-order chi connectivity index (χ0) is 16.5. The summed E-state index contributed by atoms with van der Waals surface area (Å²) in [5, 5.41) is 0. The maximum atomic E-state index is 11.9. The Morgan fingerprint density at radius 2 is 2.05 bits per heavy atom. The van der Waals surface area contributed by atoms with Crippen molar-refractivity contribution < 1.29 is 9.59 Å². The highest BCUT2D eigenvalue weighted by atomic mass is 16.1. The summed E-state index contributed by atoms with van der Waals surface area (Å²) in [5.41, 5.74) is 12.7. The van der Waals surface area contributed by atoms with Crippen molar-refractivity contribution in [2.45, 2.75) is 40.0 Å². The van der Waals surface area contributed by atoms with Crippen molar-refractivity contribution in [3.8, 4) is 0 Å². The molecule has 0 unspecified atom stereocenters. The topological polar surface area (TPSA) is 102 Å². The third-order valence-corrected chi connectivity index (χ3v) is 4.79. The predicted octanol–water partition coefficient (Wildman–Crippen LogP) is 1.28. The van der Waals surface area contributed by atoms with E-state index in [1.807, 2.05) is 25.7 Å². The van der Waals surface area contributed by atoms with Crippen LogP contribution in [-0.2, 0) is 4.79 Å². The SMILES string of the molecule is CC[C@]1(C(N)=O)CCCN(c2nc(C)c(C)cc2C(N)=O)C1. The molecule has 0 bridgehead atoms. The normalized spacial score (nSPS) is 21.7. The first-order chi connectivity index (χ1) is 10.3. The first-order valence-electron chi connectivity index (χ1n) is 7.63. The fraction of sp³-hybridized carbons (Fsp3) is 0.562. The fourth-order valence-electron chi connectivity index (χ4n) is 3.09. The van der Waals surface area contributed by atoms with Gasteiger partial charge in [0, 0.05) is 18.8 Å². The molecule has 1 fully saturated rings. The molecule has 6 nitrogen and oxygen atoms in total. The Kier molecular flexibility index (Phi) is 4.39. The number of pyridine rings is 1. The number of amides is 2. The Labute approximate surface area is 130 Å². The molecule has 1 aromatic heterocycles. The van der Waals surface area contributed by atoms with Crippen molar-refractivity contribution in [3.05, 3.63) is 22.9 Å².